The Bertz CT molecular complexity index is 713. The number of nitro groups is 1. The van der Waals surface area contributed by atoms with E-state index in [4.69, 9.17) is 4.74 Å². The van der Waals surface area contributed by atoms with Crippen LogP contribution in [-0.4, -0.2) is 34.6 Å². The van der Waals surface area contributed by atoms with Crippen molar-refractivity contribution in [3.05, 3.63) is 44.8 Å². The first-order valence-corrected chi connectivity index (χ1v) is 8.19. The minimum Gasteiger partial charge on any atom is -0.444 e. The monoisotopic (exact) mass is 350 g/mol. The van der Waals surface area contributed by atoms with Gasteiger partial charge in [0.1, 0.15) is 11.4 Å². The summed E-state index contributed by atoms with van der Waals surface area (Å²) in [7, 11) is 0. The van der Waals surface area contributed by atoms with Gasteiger partial charge >= 0.3 is 6.09 Å². The molecular weight excluding hydrogens is 327 g/mol. The van der Waals surface area contributed by atoms with Gasteiger partial charge in [-0.2, -0.15) is 0 Å². The molecule has 1 saturated heterocycles. The van der Waals surface area contributed by atoms with Crippen molar-refractivity contribution >= 4 is 17.9 Å². The first kappa shape index (κ1) is 18.9. The van der Waals surface area contributed by atoms with Crippen LogP contribution in [-0.2, 0) is 4.74 Å². The second-order valence-electron chi connectivity index (χ2n) is 7.17. The highest BCUT2D eigenvalue weighted by atomic mass is 19.1. The third-order valence-electron chi connectivity index (χ3n) is 4.00. The van der Waals surface area contributed by atoms with E-state index >= 15 is 0 Å². The van der Waals surface area contributed by atoms with Gasteiger partial charge in [-0.25, -0.2) is 9.18 Å². The maximum atomic E-state index is 13.6. The minimum absolute atomic E-state index is 0.224. The van der Waals surface area contributed by atoms with Crippen molar-refractivity contribution in [3.8, 4) is 0 Å². The molecule has 25 heavy (non-hydrogen) atoms. The Kier molecular flexibility index (Phi) is 5.45. The van der Waals surface area contributed by atoms with E-state index in [0.717, 1.165) is 11.6 Å². The largest absolute Gasteiger partial charge is 0.444 e. The average Bonchev–Trinajstić information content (AvgIpc) is 2.49. The fourth-order valence-electron chi connectivity index (χ4n) is 2.69. The summed E-state index contributed by atoms with van der Waals surface area (Å²) in [5, 5.41) is 11.0. The van der Waals surface area contributed by atoms with Crippen molar-refractivity contribution in [2.75, 3.05) is 13.1 Å². The van der Waals surface area contributed by atoms with Crippen LogP contribution >= 0.6 is 0 Å². The molecule has 1 heterocycles. The quantitative estimate of drug-likeness (QED) is 0.583. The van der Waals surface area contributed by atoms with Crippen molar-refractivity contribution in [2.45, 2.75) is 46.1 Å². The van der Waals surface area contributed by atoms with Crippen LogP contribution in [0.5, 0.6) is 0 Å². The van der Waals surface area contributed by atoms with Gasteiger partial charge in [-0.3, -0.25) is 10.1 Å². The van der Waals surface area contributed by atoms with Gasteiger partial charge in [0.15, 0.2) is 0 Å². The number of benzene rings is 1. The zero-order chi connectivity index (χ0) is 18.8. The summed E-state index contributed by atoms with van der Waals surface area (Å²) in [5.74, 6) is -0.629. The molecule has 0 radical (unpaired) electrons. The van der Waals surface area contributed by atoms with Crippen LogP contribution < -0.4 is 0 Å². The molecule has 0 bridgehead atoms. The second-order valence-corrected chi connectivity index (χ2v) is 7.17. The molecule has 0 unspecified atom stereocenters. The molecule has 6 nitrogen and oxygen atoms in total. The van der Waals surface area contributed by atoms with Crippen molar-refractivity contribution in [1.82, 2.24) is 4.90 Å². The molecule has 0 atom stereocenters. The molecular formula is C18H23FN2O4. The van der Waals surface area contributed by atoms with Crippen LogP contribution in [0.4, 0.5) is 14.9 Å². The van der Waals surface area contributed by atoms with Crippen LogP contribution in [0.3, 0.4) is 0 Å². The fraction of sp³-hybridized carbons (Fsp3) is 0.500. The second kappa shape index (κ2) is 7.21. The Balaban J connectivity index is 2.11. The zero-order valence-electron chi connectivity index (χ0n) is 15.0. The summed E-state index contributed by atoms with van der Waals surface area (Å²) in [6.07, 6.45) is 2.70. The Labute approximate surface area is 146 Å². The fourth-order valence-corrected chi connectivity index (χ4v) is 2.69. The number of piperidine rings is 1. The minimum atomic E-state index is -0.629. The van der Waals surface area contributed by atoms with Gasteiger partial charge in [0.25, 0.3) is 5.69 Å². The van der Waals surface area contributed by atoms with Gasteiger partial charge in [-0.15, -0.1) is 0 Å². The highest BCUT2D eigenvalue weighted by Crippen LogP contribution is 2.27. The van der Waals surface area contributed by atoms with E-state index in [1.807, 2.05) is 20.8 Å². The van der Waals surface area contributed by atoms with E-state index in [1.54, 1.807) is 17.9 Å². The maximum absolute atomic E-state index is 13.6. The smallest absolute Gasteiger partial charge is 0.410 e. The number of ether oxygens (including phenoxy) is 1. The van der Waals surface area contributed by atoms with Crippen LogP contribution in [0.1, 0.15) is 44.7 Å². The third kappa shape index (κ3) is 5.01. The van der Waals surface area contributed by atoms with E-state index in [-0.39, 0.29) is 11.8 Å². The molecule has 1 aliphatic heterocycles. The van der Waals surface area contributed by atoms with E-state index in [2.05, 4.69) is 0 Å². The predicted molar refractivity (Wildman–Crippen MR) is 92.8 cm³/mol. The van der Waals surface area contributed by atoms with E-state index in [0.29, 0.717) is 37.1 Å². The zero-order valence-corrected chi connectivity index (χ0v) is 15.0. The molecule has 0 N–H and O–H groups in total. The van der Waals surface area contributed by atoms with Crippen molar-refractivity contribution < 1.29 is 18.8 Å². The lowest BCUT2D eigenvalue weighted by Crippen LogP contribution is -2.40. The number of nitrogens with zero attached hydrogens (tertiary/aromatic N) is 2. The van der Waals surface area contributed by atoms with Gasteiger partial charge in [0, 0.05) is 18.7 Å². The number of likely N-dealkylation sites (tertiary alicyclic amines) is 1. The molecule has 1 aromatic carbocycles. The molecule has 0 spiro atoms. The van der Waals surface area contributed by atoms with Crippen LogP contribution in [0.25, 0.3) is 6.08 Å². The first-order valence-electron chi connectivity index (χ1n) is 8.19. The summed E-state index contributed by atoms with van der Waals surface area (Å²) >= 11 is 0. The molecule has 0 saturated carbocycles. The lowest BCUT2D eigenvalue weighted by atomic mass is 9.98. The van der Waals surface area contributed by atoms with Crippen molar-refractivity contribution in [3.63, 3.8) is 0 Å². The number of halogens is 1. The Morgan fingerprint density at radius 3 is 2.44 bits per heavy atom. The van der Waals surface area contributed by atoms with Crippen molar-refractivity contribution in [1.29, 1.82) is 0 Å². The number of amides is 1. The number of carbonyl (C=O) groups is 1. The summed E-state index contributed by atoms with van der Waals surface area (Å²) in [5.41, 5.74) is 1.21. The number of carbonyl (C=O) groups excluding carboxylic acids is 1. The molecule has 1 aromatic rings. The number of rotatable bonds is 2. The van der Waals surface area contributed by atoms with E-state index in [1.165, 1.54) is 6.07 Å². The molecule has 1 fully saturated rings. The molecule has 1 aliphatic rings. The molecule has 0 aliphatic carbocycles. The summed E-state index contributed by atoms with van der Waals surface area (Å²) in [6, 6.07) is 2.23. The molecule has 2 rings (SSSR count). The van der Waals surface area contributed by atoms with Crippen LogP contribution in [0, 0.1) is 22.9 Å². The van der Waals surface area contributed by atoms with Gasteiger partial charge in [0.2, 0.25) is 0 Å². The Morgan fingerprint density at radius 2 is 1.92 bits per heavy atom. The number of hydrogen-bond donors (Lipinski definition) is 0. The third-order valence-corrected chi connectivity index (χ3v) is 4.00. The molecule has 136 valence electrons. The topological polar surface area (TPSA) is 72.7 Å². The summed E-state index contributed by atoms with van der Waals surface area (Å²) in [6.45, 7) is 8.09. The van der Waals surface area contributed by atoms with Crippen LogP contribution in [0.2, 0.25) is 0 Å². The molecule has 7 heteroatoms. The van der Waals surface area contributed by atoms with Gasteiger partial charge < -0.3 is 9.64 Å². The Hall–Kier alpha value is -2.44. The van der Waals surface area contributed by atoms with Crippen molar-refractivity contribution in [2.24, 2.45) is 0 Å². The first-order chi connectivity index (χ1) is 11.6. The summed E-state index contributed by atoms with van der Waals surface area (Å²) in [4.78, 5) is 24.1. The lowest BCUT2D eigenvalue weighted by molar-refractivity contribution is -0.385. The lowest BCUT2D eigenvalue weighted by Gasteiger charge is -2.31. The highest BCUT2D eigenvalue weighted by Gasteiger charge is 2.25. The average molecular weight is 350 g/mol. The Morgan fingerprint density at radius 1 is 1.32 bits per heavy atom. The standard InChI is InChI=1S/C18H23FN2O4/c1-12-14(10-15(19)11-16(12)21(23)24)9-13-5-7-20(8-6-13)17(22)25-18(2,3)4/h9-11H,5-8H2,1-4H3. The van der Waals surface area contributed by atoms with Gasteiger partial charge in [-0.05, 0) is 52.2 Å². The van der Waals surface area contributed by atoms with Gasteiger partial charge in [-0.1, -0.05) is 11.6 Å². The summed E-state index contributed by atoms with van der Waals surface area (Å²) < 4.78 is 19.0. The number of hydrogen-bond acceptors (Lipinski definition) is 4. The highest BCUT2D eigenvalue weighted by molar-refractivity contribution is 5.69. The normalized spacial score (nSPS) is 15.1. The SMILES string of the molecule is Cc1c(C=C2CCN(C(=O)OC(C)(C)C)CC2)cc(F)cc1[N+](=O)[O-]. The van der Waals surface area contributed by atoms with E-state index in [9.17, 15) is 19.3 Å². The molecule has 0 aromatic heterocycles. The van der Waals surface area contributed by atoms with E-state index < -0.39 is 16.3 Å². The predicted octanol–water partition coefficient (Wildman–Crippen LogP) is 4.46. The number of nitro benzene ring substituents is 1. The van der Waals surface area contributed by atoms with Crippen LogP contribution in [0.15, 0.2) is 17.7 Å². The maximum Gasteiger partial charge on any atom is 0.410 e. The van der Waals surface area contributed by atoms with Gasteiger partial charge in [0.05, 0.1) is 11.0 Å². The molecule has 1 amide bonds.